The molecule has 0 saturated carbocycles. The molecule has 0 spiro atoms. The first-order valence-electron chi connectivity index (χ1n) is 5.71. The first kappa shape index (κ1) is 11.9. The van der Waals surface area contributed by atoms with Crippen molar-refractivity contribution in [2.75, 3.05) is 23.9 Å². The third-order valence-electron chi connectivity index (χ3n) is 3.03. The van der Waals surface area contributed by atoms with Crippen LogP contribution in [-0.2, 0) is 11.2 Å². The highest BCUT2D eigenvalue weighted by molar-refractivity contribution is 6.01. The van der Waals surface area contributed by atoms with Gasteiger partial charge in [0.15, 0.2) is 0 Å². The van der Waals surface area contributed by atoms with E-state index in [1.165, 1.54) is 0 Å². The number of nitrogens with one attached hydrogen (secondary N) is 1. The van der Waals surface area contributed by atoms with Crippen LogP contribution in [0.2, 0.25) is 0 Å². The lowest BCUT2D eigenvalue weighted by molar-refractivity contribution is -0.117. The van der Waals surface area contributed by atoms with Gasteiger partial charge in [-0.1, -0.05) is 0 Å². The van der Waals surface area contributed by atoms with E-state index >= 15 is 0 Å². The van der Waals surface area contributed by atoms with Crippen molar-refractivity contribution in [1.29, 1.82) is 0 Å². The molecule has 1 heterocycles. The minimum absolute atomic E-state index is 0.0585. The summed E-state index contributed by atoms with van der Waals surface area (Å²) in [4.78, 5) is 13.2. The number of aliphatic hydroxyl groups is 1. The van der Waals surface area contributed by atoms with Gasteiger partial charge in [0.05, 0.1) is 18.6 Å². The second-order valence-electron chi connectivity index (χ2n) is 5.14. The van der Waals surface area contributed by atoms with Crippen LogP contribution in [0.3, 0.4) is 0 Å². The van der Waals surface area contributed by atoms with E-state index in [9.17, 15) is 9.90 Å². The molecule has 0 atom stereocenters. The largest absolute Gasteiger partial charge is 0.394 e. The van der Waals surface area contributed by atoms with Crippen molar-refractivity contribution < 1.29 is 9.90 Å². The molecule has 1 aliphatic heterocycles. The fourth-order valence-electron chi connectivity index (χ4n) is 1.98. The second-order valence-corrected chi connectivity index (χ2v) is 5.14. The van der Waals surface area contributed by atoms with E-state index < -0.39 is 0 Å². The van der Waals surface area contributed by atoms with E-state index in [0.29, 0.717) is 6.42 Å². The summed E-state index contributed by atoms with van der Waals surface area (Å²) in [7, 11) is 1.79. The monoisotopic (exact) mass is 234 g/mol. The van der Waals surface area contributed by atoms with Gasteiger partial charge in [-0.05, 0) is 37.6 Å². The molecule has 92 valence electrons. The van der Waals surface area contributed by atoms with Crippen LogP contribution < -0.4 is 10.2 Å². The first-order chi connectivity index (χ1) is 7.93. The van der Waals surface area contributed by atoms with Gasteiger partial charge in [0.1, 0.15) is 0 Å². The molecule has 1 aliphatic rings. The zero-order valence-electron chi connectivity index (χ0n) is 10.4. The number of carbonyl (C=O) groups is 1. The minimum Gasteiger partial charge on any atom is -0.394 e. The van der Waals surface area contributed by atoms with E-state index in [1.54, 1.807) is 11.9 Å². The Hall–Kier alpha value is -1.55. The Kier molecular flexibility index (Phi) is 2.83. The maximum absolute atomic E-state index is 11.5. The maximum Gasteiger partial charge on any atom is 0.231 e. The number of anilines is 2. The molecule has 1 aromatic carbocycles. The molecule has 4 nitrogen and oxygen atoms in total. The predicted octanol–water partition coefficient (Wildman–Crippen LogP) is 1.39. The van der Waals surface area contributed by atoms with E-state index in [4.69, 9.17) is 0 Å². The number of benzene rings is 1. The van der Waals surface area contributed by atoms with Crippen LogP contribution >= 0.6 is 0 Å². The van der Waals surface area contributed by atoms with Gasteiger partial charge in [-0.25, -0.2) is 0 Å². The standard InChI is InChI=1S/C13H18N2O2/c1-13(2,8-16)14-10-4-5-11-9(6-10)7-12(17)15(11)3/h4-6,14,16H,7-8H2,1-3H3. The van der Waals surface area contributed by atoms with E-state index in [1.807, 2.05) is 32.0 Å². The van der Waals surface area contributed by atoms with Crippen LogP contribution in [0.25, 0.3) is 0 Å². The van der Waals surface area contributed by atoms with Crippen molar-refractivity contribution in [3.63, 3.8) is 0 Å². The average molecular weight is 234 g/mol. The first-order valence-corrected chi connectivity index (χ1v) is 5.71. The number of amides is 1. The van der Waals surface area contributed by atoms with Gasteiger partial charge < -0.3 is 15.3 Å². The fraction of sp³-hybridized carbons (Fsp3) is 0.462. The van der Waals surface area contributed by atoms with Crippen molar-refractivity contribution in [1.82, 2.24) is 0 Å². The normalized spacial score (nSPS) is 15.1. The summed E-state index contributed by atoms with van der Waals surface area (Å²) in [5, 5.41) is 12.5. The van der Waals surface area contributed by atoms with Gasteiger partial charge in [0, 0.05) is 18.4 Å². The zero-order valence-corrected chi connectivity index (χ0v) is 10.4. The zero-order chi connectivity index (χ0) is 12.6. The molecule has 0 saturated heterocycles. The molecular weight excluding hydrogens is 216 g/mol. The molecule has 0 unspecified atom stereocenters. The molecule has 0 aromatic heterocycles. The molecule has 17 heavy (non-hydrogen) atoms. The number of rotatable bonds is 3. The van der Waals surface area contributed by atoms with Gasteiger partial charge in [-0.2, -0.15) is 0 Å². The summed E-state index contributed by atoms with van der Waals surface area (Å²) >= 11 is 0. The van der Waals surface area contributed by atoms with Gasteiger partial charge in [0.25, 0.3) is 0 Å². The Labute approximate surface area is 101 Å². The Bertz CT molecular complexity index is 455. The van der Waals surface area contributed by atoms with Crippen LogP contribution in [0, 0.1) is 0 Å². The average Bonchev–Trinajstić information content (AvgIpc) is 2.54. The minimum atomic E-state index is -0.358. The summed E-state index contributed by atoms with van der Waals surface area (Å²) in [5.74, 6) is 0.124. The lowest BCUT2D eigenvalue weighted by Gasteiger charge is -2.25. The second kappa shape index (κ2) is 4.04. The van der Waals surface area contributed by atoms with Gasteiger partial charge in [-0.3, -0.25) is 4.79 Å². The smallest absolute Gasteiger partial charge is 0.231 e. The third-order valence-corrected chi connectivity index (χ3v) is 3.03. The molecule has 0 fully saturated rings. The quantitative estimate of drug-likeness (QED) is 0.831. The van der Waals surface area contributed by atoms with Crippen molar-refractivity contribution in [3.05, 3.63) is 23.8 Å². The molecule has 0 radical (unpaired) electrons. The Morgan fingerprint density at radius 2 is 2.18 bits per heavy atom. The maximum atomic E-state index is 11.5. The van der Waals surface area contributed by atoms with Gasteiger partial charge in [0.2, 0.25) is 5.91 Å². The third kappa shape index (κ3) is 2.26. The van der Waals surface area contributed by atoms with Gasteiger partial charge >= 0.3 is 0 Å². The number of carbonyl (C=O) groups excluding carboxylic acids is 1. The van der Waals surface area contributed by atoms with Crippen molar-refractivity contribution in [3.8, 4) is 0 Å². The predicted molar refractivity (Wildman–Crippen MR) is 68.3 cm³/mol. The molecule has 2 rings (SSSR count). The number of aliphatic hydroxyl groups excluding tert-OH is 1. The highest BCUT2D eigenvalue weighted by atomic mass is 16.3. The van der Waals surface area contributed by atoms with Crippen molar-refractivity contribution in [2.45, 2.75) is 25.8 Å². The van der Waals surface area contributed by atoms with Crippen molar-refractivity contribution in [2.24, 2.45) is 0 Å². The molecule has 2 N–H and O–H groups in total. The SMILES string of the molecule is CN1C(=O)Cc2cc(NC(C)(C)CO)ccc21. The van der Waals surface area contributed by atoms with Crippen LogP contribution in [-0.4, -0.2) is 30.2 Å². The molecule has 1 amide bonds. The summed E-state index contributed by atoms with van der Waals surface area (Å²) in [6.07, 6.45) is 0.459. The number of likely N-dealkylation sites (N-methyl/N-ethyl adjacent to an activating group) is 1. The molecule has 0 bridgehead atoms. The Balaban J connectivity index is 2.25. The Morgan fingerprint density at radius 1 is 1.47 bits per heavy atom. The van der Waals surface area contributed by atoms with Gasteiger partial charge in [-0.15, -0.1) is 0 Å². The molecular formula is C13H18N2O2. The Morgan fingerprint density at radius 3 is 2.82 bits per heavy atom. The topological polar surface area (TPSA) is 52.6 Å². The fourth-order valence-corrected chi connectivity index (χ4v) is 1.98. The number of fused-ring (bicyclic) bond motifs is 1. The lowest BCUT2D eigenvalue weighted by atomic mass is 10.1. The number of nitrogens with zero attached hydrogens (tertiary/aromatic N) is 1. The summed E-state index contributed by atoms with van der Waals surface area (Å²) < 4.78 is 0. The van der Waals surface area contributed by atoms with E-state index in [-0.39, 0.29) is 18.1 Å². The molecule has 1 aromatic rings. The number of hydrogen-bond donors (Lipinski definition) is 2. The van der Waals surface area contributed by atoms with Crippen LogP contribution in [0.4, 0.5) is 11.4 Å². The highest BCUT2D eigenvalue weighted by Gasteiger charge is 2.24. The number of hydrogen-bond acceptors (Lipinski definition) is 3. The van der Waals surface area contributed by atoms with Crippen molar-refractivity contribution >= 4 is 17.3 Å². The van der Waals surface area contributed by atoms with Crippen LogP contribution in [0.1, 0.15) is 19.4 Å². The molecule has 0 aliphatic carbocycles. The highest BCUT2D eigenvalue weighted by Crippen LogP contribution is 2.30. The van der Waals surface area contributed by atoms with E-state index in [0.717, 1.165) is 16.9 Å². The summed E-state index contributed by atoms with van der Waals surface area (Å²) in [6, 6.07) is 5.86. The molecule has 4 heteroatoms. The summed E-state index contributed by atoms with van der Waals surface area (Å²) in [5.41, 5.74) is 2.59. The van der Waals surface area contributed by atoms with Crippen LogP contribution in [0.15, 0.2) is 18.2 Å². The van der Waals surface area contributed by atoms with E-state index in [2.05, 4.69) is 5.32 Å². The van der Waals surface area contributed by atoms with Crippen LogP contribution in [0.5, 0.6) is 0 Å². The summed E-state index contributed by atoms with van der Waals surface area (Å²) in [6.45, 7) is 3.91. The lowest BCUT2D eigenvalue weighted by Crippen LogP contribution is -2.34.